The van der Waals surface area contributed by atoms with Crippen LogP contribution in [0.5, 0.6) is 11.5 Å². The molecule has 0 radical (unpaired) electrons. The number of nitrogens with zero attached hydrogens (tertiary/aromatic N) is 2. The van der Waals surface area contributed by atoms with Gasteiger partial charge in [0.1, 0.15) is 18.0 Å². The van der Waals surface area contributed by atoms with E-state index in [-0.39, 0.29) is 29.4 Å². The van der Waals surface area contributed by atoms with Crippen LogP contribution in [0.1, 0.15) is 33.3 Å². The van der Waals surface area contributed by atoms with E-state index in [1.165, 1.54) is 7.11 Å². The average Bonchev–Trinajstić information content (AvgIpc) is 2.88. The first kappa shape index (κ1) is 21.8. The fourth-order valence-electron chi connectivity index (χ4n) is 3.10. The number of carbonyl (C=O) groups excluding carboxylic acids is 3. The van der Waals surface area contributed by atoms with E-state index < -0.39 is 11.1 Å². The summed E-state index contributed by atoms with van der Waals surface area (Å²) in [5, 5.41) is -0.454. The number of methoxy groups -OCH3 is 2. The molecule has 1 aliphatic rings. The van der Waals surface area contributed by atoms with Crippen molar-refractivity contribution in [1.82, 2.24) is 9.80 Å². The Kier molecular flexibility index (Phi) is 7.12. The molecule has 0 atom stereocenters. The van der Waals surface area contributed by atoms with Crippen LogP contribution in [0.25, 0.3) is 6.08 Å². The van der Waals surface area contributed by atoms with Crippen LogP contribution in [0, 0.1) is 0 Å². The van der Waals surface area contributed by atoms with Crippen LogP contribution in [0.3, 0.4) is 0 Å². The SMILES string of the molecule is COc1ccc(/C=C2\SC(=O)N(CC(=O)N(C(C)C)C(C)C)C2=O)c(OC)c1. The van der Waals surface area contributed by atoms with Gasteiger partial charge in [0.05, 0.1) is 19.1 Å². The number of hydrogen-bond donors (Lipinski definition) is 0. The van der Waals surface area contributed by atoms with E-state index in [9.17, 15) is 14.4 Å². The molecule has 1 aliphatic heterocycles. The first-order valence-electron chi connectivity index (χ1n) is 8.98. The maximum Gasteiger partial charge on any atom is 0.294 e. The van der Waals surface area contributed by atoms with Gasteiger partial charge in [-0.05, 0) is 57.7 Å². The van der Waals surface area contributed by atoms with Gasteiger partial charge in [-0.1, -0.05) is 0 Å². The number of amides is 3. The van der Waals surface area contributed by atoms with E-state index in [2.05, 4.69) is 0 Å². The Morgan fingerprint density at radius 3 is 2.32 bits per heavy atom. The van der Waals surface area contributed by atoms with Gasteiger partial charge in [-0.2, -0.15) is 0 Å². The van der Waals surface area contributed by atoms with Crippen molar-refractivity contribution >= 4 is 34.9 Å². The zero-order valence-electron chi connectivity index (χ0n) is 17.0. The number of imide groups is 1. The lowest BCUT2D eigenvalue weighted by molar-refractivity contribution is -0.138. The van der Waals surface area contributed by atoms with Gasteiger partial charge in [0, 0.05) is 23.7 Å². The molecular formula is C20H26N2O5S. The van der Waals surface area contributed by atoms with Crippen LogP contribution >= 0.6 is 11.8 Å². The molecule has 1 aromatic carbocycles. The topological polar surface area (TPSA) is 76.2 Å². The summed E-state index contributed by atoms with van der Waals surface area (Å²) in [6.45, 7) is 7.35. The maximum atomic E-state index is 12.7. The van der Waals surface area contributed by atoms with Crippen molar-refractivity contribution in [1.29, 1.82) is 0 Å². The van der Waals surface area contributed by atoms with Gasteiger partial charge >= 0.3 is 0 Å². The fourth-order valence-corrected chi connectivity index (χ4v) is 3.93. The first-order valence-corrected chi connectivity index (χ1v) is 9.79. The van der Waals surface area contributed by atoms with Gasteiger partial charge in [-0.3, -0.25) is 19.3 Å². The van der Waals surface area contributed by atoms with Crippen molar-refractivity contribution in [3.63, 3.8) is 0 Å². The molecule has 0 aromatic heterocycles. The van der Waals surface area contributed by atoms with Gasteiger partial charge < -0.3 is 14.4 Å². The highest BCUT2D eigenvalue weighted by Crippen LogP contribution is 2.35. The Hall–Kier alpha value is -2.48. The molecule has 0 saturated carbocycles. The standard InChI is InChI=1S/C20H26N2O5S/c1-12(2)22(13(3)4)18(23)11-21-19(24)17(28-20(21)25)9-14-7-8-15(26-5)10-16(14)27-6/h7-10,12-13H,11H2,1-6H3/b17-9-. The number of thioether (sulfide) groups is 1. The van der Waals surface area contributed by atoms with Gasteiger partial charge in [0.2, 0.25) is 5.91 Å². The van der Waals surface area contributed by atoms with E-state index in [0.717, 1.165) is 16.7 Å². The number of ether oxygens (including phenoxy) is 2. The van der Waals surface area contributed by atoms with Crippen LogP contribution in [-0.4, -0.2) is 59.7 Å². The van der Waals surface area contributed by atoms with E-state index in [4.69, 9.17) is 9.47 Å². The van der Waals surface area contributed by atoms with Gasteiger partial charge in [0.25, 0.3) is 11.1 Å². The third-order valence-electron chi connectivity index (χ3n) is 4.29. The van der Waals surface area contributed by atoms with Crippen LogP contribution in [0.4, 0.5) is 4.79 Å². The molecule has 7 nitrogen and oxygen atoms in total. The summed E-state index contributed by atoms with van der Waals surface area (Å²) in [4.78, 5) is 40.6. The van der Waals surface area contributed by atoms with Crippen molar-refractivity contribution in [2.24, 2.45) is 0 Å². The van der Waals surface area contributed by atoms with E-state index in [1.54, 1.807) is 36.3 Å². The predicted molar refractivity (Wildman–Crippen MR) is 109 cm³/mol. The Balaban J connectivity index is 2.24. The molecule has 0 unspecified atom stereocenters. The Bertz CT molecular complexity index is 796. The third-order valence-corrected chi connectivity index (χ3v) is 5.20. The Morgan fingerprint density at radius 2 is 1.79 bits per heavy atom. The van der Waals surface area contributed by atoms with Crippen molar-refractivity contribution in [2.45, 2.75) is 39.8 Å². The highest BCUT2D eigenvalue weighted by Gasteiger charge is 2.37. The summed E-state index contributed by atoms with van der Waals surface area (Å²) in [6, 6.07) is 5.14. The quantitative estimate of drug-likeness (QED) is 0.646. The minimum absolute atomic E-state index is 0.0217. The molecule has 0 N–H and O–H groups in total. The van der Waals surface area contributed by atoms with Crippen molar-refractivity contribution in [2.75, 3.05) is 20.8 Å². The largest absolute Gasteiger partial charge is 0.497 e. The lowest BCUT2D eigenvalue weighted by Gasteiger charge is -2.31. The molecule has 28 heavy (non-hydrogen) atoms. The van der Waals surface area contributed by atoms with E-state index in [0.29, 0.717) is 17.1 Å². The minimum Gasteiger partial charge on any atom is -0.497 e. The number of carbonyl (C=O) groups is 3. The minimum atomic E-state index is -0.478. The summed E-state index contributed by atoms with van der Waals surface area (Å²) in [5.41, 5.74) is 0.645. The lowest BCUT2D eigenvalue weighted by Crippen LogP contribution is -2.48. The monoisotopic (exact) mass is 406 g/mol. The average molecular weight is 407 g/mol. The predicted octanol–water partition coefficient (Wildman–Crippen LogP) is 3.39. The smallest absolute Gasteiger partial charge is 0.294 e. The summed E-state index contributed by atoms with van der Waals surface area (Å²) < 4.78 is 10.5. The molecule has 1 saturated heterocycles. The molecule has 1 heterocycles. The Labute approximate surface area is 169 Å². The summed E-state index contributed by atoms with van der Waals surface area (Å²) in [5.74, 6) is 0.410. The molecular weight excluding hydrogens is 380 g/mol. The van der Waals surface area contributed by atoms with Gasteiger partial charge in [-0.25, -0.2) is 0 Å². The van der Waals surface area contributed by atoms with E-state index in [1.807, 2.05) is 27.7 Å². The number of benzene rings is 1. The lowest BCUT2D eigenvalue weighted by atomic mass is 10.1. The van der Waals surface area contributed by atoms with Crippen LogP contribution in [-0.2, 0) is 9.59 Å². The summed E-state index contributed by atoms with van der Waals surface area (Å²) in [7, 11) is 3.07. The highest BCUT2D eigenvalue weighted by atomic mass is 32.2. The van der Waals surface area contributed by atoms with Crippen LogP contribution < -0.4 is 9.47 Å². The summed E-state index contributed by atoms with van der Waals surface area (Å²) >= 11 is 0.817. The molecule has 0 aliphatic carbocycles. The molecule has 8 heteroatoms. The van der Waals surface area contributed by atoms with Gasteiger partial charge in [-0.15, -0.1) is 0 Å². The second-order valence-electron chi connectivity index (χ2n) is 6.86. The van der Waals surface area contributed by atoms with Crippen molar-refractivity contribution < 1.29 is 23.9 Å². The molecule has 152 valence electrons. The normalized spacial score (nSPS) is 15.7. The maximum absolute atomic E-state index is 12.7. The molecule has 3 amide bonds. The second kappa shape index (κ2) is 9.14. The molecule has 2 rings (SSSR count). The first-order chi connectivity index (χ1) is 13.2. The molecule has 0 bridgehead atoms. The van der Waals surface area contributed by atoms with Crippen molar-refractivity contribution in [3.05, 3.63) is 28.7 Å². The fraction of sp³-hybridized carbons (Fsp3) is 0.450. The molecule has 0 spiro atoms. The zero-order valence-corrected chi connectivity index (χ0v) is 17.8. The Morgan fingerprint density at radius 1 is 1.14 bits per heavy atom. The van der Waals surface area contributed by atoms with Crippen molar-refractivity contribution in [3.8, 4) is 11.5 Å². The highest BCUT2D eigenvalue weighted by molar-refractivity contribution is 8.18. The number of rotatable bonds is 7. The second-order valence-corrected chi connectivity index (χ2v) is 7.86. The van der Waals surface area contributed by atoms with E-state index >= 15 is 0 Å². The van der Waals surface area contributed by atoms with Crippen LogP contribution in [0.2, 0.25) is 0 Å². The third kappa shape index (κ3) is 4.67. The van der Waals surface area contributed by atoms with Gasteiger partial charge in [0.15, 0.2) is 0 Å². The number of hydrogen-bond acceptors (Lipinski definition) is 6. The molecule has 1 aromatic rings. The zero-order chi connectivity index (χ0) is 21.0. The van der Waals surface area contributed by atoms with Crippen LogP contribution in [0.15, 0.2) is 23.1 Å². The molecule has 1 fully saturated rings. The summed E-state index contributed by atoms with van der Waals surface area (Å²) in [6.07, 6.45) is 1.59.